The van der Waals surface area contributed by atoms with Gasteiger partial charge in [0.15, 0.2) is 0 Å². The van der Waals surface area contributed by atoms with Crippen LogP contribution in [0.3, 0.4) is 0 Å². The first-order valence-electron chi connectivity index (χ1n) is 4.59. The van der Waals surface area contributed by atoms with E-state index in [1.165, 1.54) is 7.11 Å². The average Bonchev–Trinajstić information content (AvgIpc) is 2.27. The van der Waals surface area contributed by atoms with Gasteiger partial charge in [-0.25, -0.2) is 0 Å². The molecule has 0 heterocycles. The summed E-state index contributed by atoms with van der Waals surface area (Å²) in [6.45, 7) is 1.85. The van der Waals surface area contributed by atoms with Gasteiger partial charge in [-0.05, 0) is 19.1 Å². The lowest BCUT2D eigenvalue weighted by molar-refractivity contribution is 0.0960. The predicted molar refractivity (Wildman–Crippen MR) is 57.7 cm³/mol. The van der Waals surface area contributed by atoms with E-state index in [9.17, 15) is 4.79 Å². The quantitative estimate of drug-likeness (QED) is 0.818. The third-order valence-electron chi connectivity index (χ3n) is 2.25. The van der Waals surface area contributed by atoms with Gasteiger partial charge in [0.25, 0.3) is 5.91 Å². The van der Waals surface area contributed by atoms with Gasteiger partial charge in [-0.1, -0.05) is 0 Å². The monoisotopic (exact) mass is 209 g/mol. The van der Waals surface area contributed by atoms with Crippen molar-refractivity contribution in [3.8, 4) is 11.5 Å². The molecule has 0 radical (unpaired) electrons. The Bertz CT molecular complexity index is 374. The smallest absolute Gasteiger partial charge is 0.254 e. The summed E-state index contributed by atoms with van der Waals surface area (Å²) in [5, 5.41) is 2.56. The summed E-state index contributed by atoms with van der Waals surface area (Å²) in [6, 6.07) is 3.44. The number of rotatable bonds is 3. The number of carbonyl (C=O) groups is 1. The van der Waals surface area contributed by atoms with Crippen molar-refractivity contribution >= 4 is 5.91 Å². The van der Waals surface area contributed by atoms with Crippen LogP contribution >= 0.6 is 0 Å². The van der Waals surface area contributed by atoms with E-state index in [0.717, 1.165) is 5.56 Å². The fourth-order valence-electron chi connectivity index (χ4n) is 1.47. The van der Waals surface area contributed by atoms with Gasteiger partial charge in [0.2, 0.25) is 0 Å². The second kappa shape index (κ2) is 4.68. The molecule has 1 N–H and O–H groups in total. The fraction of sp³-hybridized carbons (Fsp3) is 0.364. The van der Waals surface area contributed by atoms with Crippen molar-refractivity contribution in [2.45, 2.75) is 6.92 Å². The molecular weight excluding hydrogens is 194 g/mol. The average molecular weight is 209 g/mol. The number of methoxy groups -OCH3 is 2. The Morgan fingerprint density at radius 1 is 1.27 bits per heavy atom. The number of carbonyl (C=O) groups excluding carboxylic acids is 1. The molecule has 0 atom stereocenters. The van der Waals surface area contributed by atoms with Crippen LogP contribution in [0.25, 0.3) is 0 Å². The van der Waals surface area contributed by atoms with E-state index in [1.807, 2.05) is 6.92 Å². The van der Waals surface area contributed by atoms with Crippen molar-refractivity contribution in [1.82, 2.24) is 5.32 Å². The van der Waals surface area contributed by atoms with Crippen molar-refractivity contribution < 1.29 is 14.3 Å². The van der Waals surface area contributed by atoms with Crippen molar-refractivity contribution in [2.75, 3.05) is 21.3 Å². The number of hydrogen-bond donors (Lipinski definition) is 1. The Morgan fingerprint density at radius 3 is 2.40 bits per heavy atom. The number of nitrogens with one attached hydrogen (secondary N) is 1. The van der Waals surface area contributed by atoms with Crippen molar-refractivity contribution in [1.29, 1.82) is 0 Å². The first-order chi connectivity index (χ1) is 7.15. The fourth-order valence-corrected chi connectivity index (χ4v) is 1.47. The largest absolute Gasteiger partial charge is 0.496 e. The molecule has 4 heteroatoms. The van der Waals surface area contributed by atoms with Crippen molar-refractivity contribution in [3.63, 3.8) is 0 Å². The first kappa shape index (κ1) is 11.4. The van der Waals surface area contributed by atoms with Crippen LogP contribution in [0.5, 0.6) is 11.5 Å². The van der Waals surface area contributed by atoms with Crippen molar-refractivity contribution in [3.05, 3.63) is 23.3 Å². The number of amides is 1. The normalized spacial score (nSPS) is 9.60. The Labute approximate surface area is 89.2 Å². The SMILES string of the molecule is CNC(=O)c1ccc(OC)c(C)c1OC. The van der Waals surface area contributed by atoms with Gasteiger partial charge in [-0.15, -0.1) is 0 Å². The molecule has 1 aromatic rings. The zero-order valence-corrected chi connectivity index (χ0v) is 9.38. The lowest BCUT2D eigenvalue weighted by Gasteiger charge is -2.13. The van der Waals surface area contributed by atoms with Gasteiger partial charge in [0, 0.05) is 12.6 Å². The summed E-state index contributed by atoms with van der Waals surface area (Å²) in [7, 11) is 4.71. The molecule has 4 nitrogen and oxygen atoms in total. The highest BCUT2D eigenvalue weighted by Gasteiger charge is 2.15. The molecule has 0 aliphatic rings. The van der Waals surface area contributed by atoms with Gasteiger partial charge in [-0.2, -0.15) is 0 Å². The summed E-state index contributed by atoms with van der Waals surface area (Å²) in [5.74, 6) is 1.09. The summed E-state index contributed by atoms with van der Waals surface area (Å²) >= 11 is 0. The third kappa shape index (κ3) is 2.03. The molecule has 0 bridgehead atoms. The van der Waals surface area contributed by atoms with E-state index in [0.29, 0.717) is 17.1 Å². The minimum atomic E-state index is -0.169. The summed E-state index contributed by atoms with van der Waals surface area (Å²) in [5.41, 5.74) is 1.33. The van der Waals surface area contributed by atoms with E-state index in [1.54, 1.807) is 26.3 Å². The lowest BCUT2D eigenvalue weighted by Crippen LogP contribution is -2.19. The molecule has 15 heavy (non-hydrogen) atoms. The molecule has 0 unspecified atom stereocenters. The molecule has 1 rings (SSSR count). The molecule has 0 saturated heterocycles. The third-order valence-corrected chi connectivity index (χ3v) is 2.25. The molecular formula is C11H15NO3. The van der Waals surface area contributed by atoms with Crippen LogP contribution in [0.1, 0.15) is 15.9 Å². The Morgan fingerprint density at radius 2 is 1.93 bits per heavy atom. The van der Waals surface area contributed by atoms with E-state index < -0.39 is 0 Å². The maximum absolute atomic E-state index is 11.5. The Kier molecular flexibility index (Phi) is 3.55. The molecule has 82 valence electrons. The molecule has 0 fully saturated rings. The van der Waals surface area contributed by atoms with E-state index in [2.05, 4.69) is 5.32 Å². The van der Waals surface area contributed by atoms with E-state index in [-0.39, 0.29) is 5.91 Å². The maximum atomic E-state index is 11.5. The second-order valence-corrected chi connectivity index (χ2v) is 3.05. The molecule has 1 aromatic carbocycles. The summed E-state index contributed by atoms with van der Waals surface area (Å²) < 4.78 is 10.3. The van der Waals surface area contributed by atoms with Crippen LogP contribution in [0.4, 0.5) is 0 Å². The first-order valence-corrected chi connectivity index (χ1v) is 4.59. The van der Waals surface area contributed by atoms with Crippen LogP contribution in [0.2, 0.25) is 0 Å². The highest BCUT2D eigenvalue weighted by Crippen LogP contribution is 2.30. The van der Waals surface area contributed by atoms with Crippen LogP contribution in [0.15, 0.2) is 12.1 Å². The molecule has 0 aliphatic heterocycles. The minimum Gasteiger partial charge on any atom is -0.496 e. The lowest BCUT2D eigenvalue weighted by atomic mass is 10.1. The van der Waals surface area contributed by atoms with E-state index in [4.69, 9.17) is 9.47 Å². The molecule has 0 aromatic heterocycles. The number of benzene rings is 1. The van der Waals surface area contributed by atoms with Crippen molar-refractivity contribution in [2.24, 2.45) is 0 Å². The Hall–Kier alpha value is -1.71. The predicted octanol–water partition coefficient (Wildman–Crippen LogP) is 1.37. The highest BCUT2D eigenvalue weighted by atomic mass is 16.5. The van der Waals surface area contributed by atoms with Crippen LogP contribution in [0, 0.1) is 6.92 Å². The zero-order valence-electron chi connectivity index (χ0n) is 9.38. The molecule has 0 aliphatic carbocycles. The summed E-state index contributed by atoms with van der Waals surface area (Å²) in [6.07, 6.45) is 0. The summed E-state index contributed by atoms with van der Waals surface area (Å²) in [4.78, 5) is 11.5. The molecule has 1 amide bonds. The van der Waals surface area contributed by atoms with Gasteiger partial charge in [0.1, 0.15) is 11.5 Å². The highest BCUT2D eigenvalue weighted by molar-refractivity contribution is 5.97. The van der Waals surface area contributed by atoms with Gasteiger partial charge >= 0.3 is 0 Å². The zero-order chi connectivity index (χ0) is 11.4. The topological polar surface area (TPSA) is 47.6 Å². The molecule has 0 saturated carbocycles. The number of ether oxygens (including phenoxy) is 2. The maximum Gasteiger partial charge on any atom is 0.254 e. The molecule has 0 spiro atoms. The second-order valence-electron chi connectivity index (χ2n) is 3.05. The Balaban J connectivity index is 3.30. The number of hydrogen-bond acceptors (Lipinski definition) is 3. The van der Waals surface area contributed by atoms with Gasteiger partial charge in [-0.3, -0.25) is 4.79 Å². The van der Waals surface area contributed by atoms with Gasteiger partial charge in [0.05, 0.1) is 19.8 Å². The standard InChI is InChI=1S/C11H15NO3/c1-7-9(14-3)6-5-8(10(7)15-4)11(13)12-2/h5-6H,1-4H3,(H,12,13). The van der Waals surface area contributed by atoms with Gasteiger partial charge < -0.3 is 14.8 Å². The minimum absolute atomic E-state index is 0.169. The van der Waals surface area contributed by atoms with Crippen LogP contribution < -0.4 is 14.8 Å². The van der Waals surface area contributed by atoms with Crippen LogP contribution in [-0.2, 0) is 0 Å². The van der Waals surface area contributed by atoms with Crippen LogP contribution in [-0.4, -0.2) is 27.2 Å². The van der Waals surface area contributed by atoms with E-state index >= 15 is 0 Å².